The largest absolute Gasteiger partial charge is 0.458 e. The normalized spacial score (nSPS) is 15.8. The summed E-state index contributed by atoms with van der Waals surface area (Å²) in [6.45, 7) is 0. The predicted octanol–water partition coefficient (Wildman–Crippen LogP) is 12.8. The lowest BCUT2D eigenvalue weighted by Gasteiger charge is -2.21. The number of nitrogens with zero attached hydrogens (tertiary/aromatic N) is 2. The van der Waals surface area contributed by atoms with Gasteiger partial charge < -0.3 is 13.6 Å². The summed E-state index contributed by atoms with van der Waals surface area (Å²) in [7, 11) is 0. The van der Waals surface area contributed by atoms with Crippen LogP contribution < -0.4 is 0 Å². The first-order chi connectivity index (χ1) is 25.3. The highest BCUT2D eigenvalue weighted by Crippen LogP contribution is 2.42. The minimum atomic E-state index is 0.359. The Bertz CT molecular complexity index is 2940. The molecule has 0 aliphatic heterocycles. The van der Waals surface area contributed by atoms with Crippen molar-refractivity contribution in [3.8, 4) is 16.8 Å². The Balaban J connectivity index is 1.06. The Morgan fingerprint density at radius 2 is 1.22 bits per heavy atom. The summed E-state index contributed by atoms with van der Waals surface area (Å²) in [5, 5.41) is 6.22. The van der Waals surface area contributed by atoms with Crippen LogP contribution in [-0.4, -0.2) is 9.13 Å². The van der Waals surface area contributed by atoms with E-state index in [4.69, 9.17) is 4.42 Å². The molecule has 242 valence electrons. The topological polar surface area (TPSA) is 23.0 Å². The van der Waals surface area contributed by atoms with Gasteiger partial charge in [-0.25, -0.2) is 0 Å². The van der Waals surface area contributed by atoms with Crippen molar-refractivity contribution in [3.63, 3.8) is 0 Å². The molecular formula is C48H34N2O. The lowest BCUT2D eigenvalue weighted by atomic mass is 9.91. The standard InChI is InChI=1S/C48H34N2O/c1-2-12-31(13-3-1)32-14-10-15-35(28-32)49-42-20-7-4-16-36(42)40-29-33(24-26-44(40)49)34-25-27-45-41(30-34)37-17-5-8-21-43(37)50(45)46-22-11-19-39-38-18-6-9-23-47(38)51-48(39)46/h1-8,10-22,24-27,29-30,32H,9,23,28H2. The summed E-state index contributed by atoms with van der Waals surface area (Å²) >= 11 is 0. The number of fused-ring (bicyclic) bond motifs is 9. The van der Waals surface area contributed by atoms with Crippen LogP contribution in [0.15, 0.2) is 162 Å². The Hall–Kier alpha value is -6.32. The molecule has 2 aliphatic carbocycles. The molecule has 3 heterocycles. The summed E-state index contributed by atoms with van der Waals surface area (Å²) < 4.78 is 11.5. The molecule has 1 atom stereocenters. The number of rotatable bonds is 4. The van der Waals surface area contributed by atoms with Crippen LogP contribution in [0.4, 0.5) is 0 Å². The number of aryl methyl sites for hydroxylation is 1. The van der Waals surface area contributed by atoms with Crippen LogP contribution in [-0.2, 0) is 6.42 Å². The second kappa shape index (κ2) is 11.1. The maximum atomic E-state index is 6.60. The van der Waals surface area contributed by atoms with Crippen molar-refractivity contribution in [3.05, 3.63) is 175 Å². The van der Waals surface area contributed by atoms with E-state index in [-0.39, 0.29) is 0 Å². The molecule has 9 aromatic rings. The number of hydrogen-bond acceptors (Lipinski definition) is 1. The molecular weight excluding hydrogens is 621 g/mol. The first-order valence-electron chi connectivity index (χ1n) is 18.0. The first kappa shape index (κ1) is 28.5. The molecule has 6 aromatic carbocycles. The maximum absolute atomic E-state index is 6.60. The van der Waals surface area contributed by atoms with E-state index in [2.05, 4.69) is 173 Å². The fourth-order valence-corrected chi connectivity index (χ4v) is 8.76. The van der Waals surface area contributed by atoms with Crippen LogP contribution in [0, 0.1) is 0 Å². The number of allylic oxidation sites excluding steroid dienone is 5. The van der Waals surface area contributed by atoms with Gasteiger partial charge in [0.25, 0.3) is 0 Å². The van der Waals surface area contributed by atoms with Crippen LogP contribution in [0.1, 0.15) is 35.6 Å². The van der Waals surface area contributed by atoms with E-state index in [0.29, 0.717) is 5.92 Å². The van der Waals surface area contributed by atoms with Crippen molar-refractivity contribution >= 4 is 66.4 Å². The quantitative estimate of drug-likeness (QED) is 0.185. The van der Waals surface area contributed by atoms with E-state index in [1.165, 1.54) is 76.9 Å². The predicted molar refractivity (Wildman–Crippen MR) is 214 cm³/mol. The van der Waals surface area contributed by atoms with Gasteiger partial charge in [0.2, 0.25) is 0 Å². The molecule has 0 spiro atoms. The third-order valence-corrected chi connectivity index (χ3v) is 11.1. The van der Waals surface area contributed by atoms with Crippen molar-refractivity contribution in [2.75, 3.05) is 0 Å². The molecule has 3 heteroatoms. The molecule has 0 fully saturated rings. The fourth-order valence-electron chi connectivity index (χ4n) is 8.76. The monoisotopic (exact) mass is 654 g/mol. The van der Waals surface area contributed by atoms with Gasteiger partial charge in [0, 0.05) is 50.5 Å². The smallest absolute Gasteiger partial charge is 0.158 e. The Kier molecular flexibility index (Phi) is 6.20. The molecule has 2 aliphatic rings. The molecule has 3 aromatic heterocycles. The molecule has 0 saturated carbocycles. The van der Waals surface area contributed by atoms with Crippen LogP contribution in [0.25, 0.3) is 83.2 Å². The Labute approximate surface area is 295 Å². The molecule has 0 radical (unpaired) electrons. The third kappa shape index (κ3) is 4.31. The van der Waals surface area contributed by atoms with Gasteiger partial charge in [0.05, 0.1) is 27.8 Å². The summed E-state index contributed by atoms with van der Waals surface area (Å²) in [5.74, 6) is 1.45. The Morgan fingerprint density at radius 3 is 1.98 bits per heavy atom. The molecule has 0 saturated heterocycles. The number of benzene rings is 6. The van der Waals surface area contributed by atoms with Gasteiger partial charge in [-0.3, -0.25) is 0 Å². The molecule has 0 bridgehead atoms. The fraction of sp³-hybridized carbons (Fsp3) is 0.0833. The number of aromatic nitrogens is 2. The minimum absolute atomic E-state index is 0.359. The summed E-state index contributed by atoms with van der Waals surface area (Å²) in [4.78, 5) is 0. The van der Waals surface area contributed by atoms with E-state index in [0.717, 1.165) is 36.3 Å². The van der Waals surface area contributed by atoms with Crippen molar-refractivity contribution in [2.45, 2.75) is 25.2 Å². The number of furan rings is 1. The van der Waals surface area contributed by atoms with Crippen molar-refractivity contribution in [1.82, 2.24) is 9.13 Å². The van der Waals surface area contributed by atoms with Crippen LogP contribution in [0.5, 0.6) is 0 Å². The number of hydrogen-bond donors (Lipinski definition) is 0. The molecule has 1 unspecified atom stereocenters. The van der Waals surface area contributed by atoms with E-state index in [9.17, 15) is 0 Å². The second-order valence-corrected chi connectivity index (χ2v) is 14.0. The molecule has 3 nitrogen and oxygen atoms in total. The average molecular weight is 655 g/mol. The third-order valence-electron chi connectivity index (χ3n) is 11.1. The zero-order valence-electron chi connectivity index (χ0n) is 28.1. The second-order valence-electron chi connectivity index (χ2n) is 14.0. The van der Waals surface area contributed by atoms with Gasteiger partial charge in [-0.1, -0.05) is 115 Å². The summed E-state index contributed by atoms with van der Waals surface area (Å²) in [5.41, 5.74) is 13.2. The van der Waals surface area contributed by atoms with E-state index < -0.39 is 0 Å². The molecule has 11 rings (SSSR count). The summed E-state index contributed by atoms with van der Waals surface area (Å²) in [6.07, 6.45) is 14.3. The maximum Gasteiger partial charge on any atom is 0.158 e. The molecule has 0 N–H and O–H groups in total. The van der Waals surface area contributed by atoms with E-state index in [1.807, 2.05) is 0 Å². The van der Waals surface area contributed by atoms with Crippen molar-refractivity contribution < 1.29 is 4.42 Å². The van der Waals surface area contributed by atoms with E-state index in [1.54, 1.807) is 0 Å². The SMILES string of the molecule is C1=CC(c2ccccc2)CC(n2c3ccccc3c3cc(-c4ccc5c(c4)c4ccccc4n5-c4cccc5c6c(oc45)CCC=C6)ccc32)=C1. The van der Waals surface area contributed by atoms with Crippen molar-refractivity contribution in [2.24, 2.45) is 0 Å². The van der Waals surface area contributed by atoms with Gasteiger partial charge in [0.1, 0.15) is 5.76 Å². The van der Waals surface area contributed by atoms with E-state index >= 15 is 0 Å². The first-order valence-corrected chi connectivity index (χ1v) is 18.0. The lowest BCUT2D eigenvalue weighted by Crippen LogP contribution is -2.05. The van der Waals surface area contributed by atoms with Crippen molar-refractivity contribution in [1.29, 1.82) is 0 Å². The zero-order valence-corrected chi connectivity index (χ0v) is 28.1. The number of para-hydroxylation sites is 3. The lowest BCUT2D eigenvalue weighted by molar-refractivity contribution is 0.545. The van der Waals surface area contributed by atoms with Gasteiger partial charge in [-0.05, 0) is 78.1 Å². The minimum Gasteiger partial charge on any atom is -0.458 e. The van der Waals surface area contributed by atoms with Crippen LogP contribution >= 0.6 is 0 Å². The average Bonchev–Trinajstić information content (AvgIpc) is 3.86. The Morgan fingerprint density at radius 1 is 0.569 bits per heavy atom. The highest BCUT2D eigenvalue weighted by Gasteiger charge is 2.22. The van der Waals surface area contributed by atoms with Crippen LogP contribution in [0.2, 0.25) is 0 Å². The highest BCUT2D eigenvalue weighted by atomic mass is 16.3. The van der Waals surface area contributed by atoms with Gasteiger partial charge in [-0.15, -0.1) is 0 Å². The van der Waals surface area contributed by atoms with Gasteiger partial charge in [0.15, 0.2) is 5.58 Å². The van der Waals surface area contributed by atoms with Gasteiger partial charge in [-0.2, -0.15) is 0 Å². The molecule has 51 heavy (non-hydrogen) atoms. The molecule has 0 amide bonds. The van der Waals surface area contributed by atoms with Gasteiger partial charge >= 0.3 is 0 Å². The van der Waals surface area contributed by atoms with Crippen LogP contribution in [0.3, 0.4) is 0 Å². The highest BCUT2D eigenvalue weighted by molar-refractivity contribution is 6.13. The zero-order chi connectivity index (χ0) is 33.5. The summed E-state index contributed by atoms with van der Waals surface area (Å²) in [6, 6.07) is 49.0.